The van der Waals surface area contributed by atoms with Crippen LogP contribution in [0, 0.1) is 10.1 Å². The maximum Gasteiger partial charge on any atom is 0.307 e. The lowest BCUT2D eigenvalue weighted by Crippen LogP contribution is -2.14. The van der Waals surface area contributed by atoms with Crippen LogP contribution in [0.2, 0.25) is 0 Å². The number of nitro groups is 1. The topological polar surface area (TPSA) is 129 Å². The predicted molar refractivity (Wildman–Crippen MR) is 73.5 cm³/mol. The molecule has 0 fully saturated rings. The number of hydrogen-bond donors (Lipinski definition) is 2. The van der Waals surface area contributed by atoms with Crippen molar-refractivity contribution >= 4 is 11.5 Å². The third-order valence-electron chi connectivity index (χ3n) is 2.85. The van der Waals surface area contributed by atoms with E-state index in [1.54, 1.807) is 18.2 Å². The predicted octanol–water partition coefficient (Wildman–Crippen LogP) is 0.943. The van der Waals surface area contributed by atoms with Crippen LogP contribution in [-0.4, -0.2) is 32.9 Å². The lowest BCUT2D eigenvalue weighted by Gasteiger charge is -2.10. The Balaban J connectivity index is 2.34. The van der Waals surface area contributed by atoms with Crippen molar-refractivity contribution < 1.29 is 14.9 Å². The van der Waals surface area contributed by atoms with Gasteiger partial charge in [-0.15, -0.1) is 0 Å². The summed E-state index contributed by atoms with van der Waals surface area (Å²) in [5.74, 6) is 0.535. The fourth-order valence-corrected chi connectivity index (χ4v) is 1.83. The standard InChI is InChI=1S/C12H13N5O4/c1-21-11-3-2-8(12(13)15-18)4-9(11)6-16-7-10(5-14-16)17(19)20/h2-5,7,18H,6H2,1H3,(H2,13,15). The van der Waals surface area contributed by atoms with Gasteiger partial charge in [-0.25, -0.2) is 0 Å². The molecule has 0 aliphatic heterocycles. The van der Waals surface area contributed by atoms with Crippen LogP contribution in [0.3, 0.4) is 0 Å². The maximum atomic E-state index is 10.6. The van der Waals surface area contributed by atoms with Crippen molar-refractivity contribution in [2.45, 2.75) is 6.54 Å². The van der Waals surface area contributed by atoms with E-state index in [2.05, 4.69) is 10.3 Å². The van der Waals surface area contributed by atoms with Crippen LogP contribution in [0.5, 0.6) is 5.75 Å². The summed E-state index contributed by atoms with van der Waals surface area (Å²) in [7, 11) is 1.51. The second-order valence-corrected chi connectivity index (χ2v) is 4.17. The van der Waals surface area contributed by atoms with Crippen molar-refractivity contribution in [3.8, 4) is 5.75 Å². The van der Waals surface area contributed by atoms with Crippen LogP contribution in [0.1, 0.15) is 11.1 Å². The largest absolute Gasteiger partial charge is 0.496 e. The van der Waals surface area contributed by atoms with E-state index in [4.69, 9.17) is 15.7 Å². The second kappa shape index (κ2) is 5.90. The Bertz CT molecular complexity index is 695. The van der Waals surface area contributed by atoms with Gasteiger partial charge in [0.15, 0.2) is 5.84 Å². The molecule has 0 amide bonds. The summed E-state index contributed by atoms with van der Waals surface area (Å²) in [5, 5.41) is 26.2. The molecule has 3 N–H and O–H groups in total. The van der Waals surface area contributed by atoms with Gasteiger partial charge < -0.3 is 15.7 Å². The zero-order valence-electron chi connectivity index (χ0n) is 11.1. The molecule has 0 aliphatic rings. The highest BCUT2D eigenvalue weighted by molar-refractivity contribution is 5.97. The Morgan fingerprint density at radius 3 is 2.95 bits per heavy atom. The molecular weight excluding hydrogens is 278 g/mol. The van der Waals surface area contributed by atoms with Gasteiger partial charge in [-0.1, -0.05) is 5.16 Å². The first kappa shape index (κ1) is 14.3. The third kappa shape index (κ3) is 3.08. The summed E-state index contributed by atoms with van der Waals surface area (Å²) in [6.45, 7) is 0.254. The van der Waals surface area contributed by atoms with Gasteiger partial charge in [0, 0.05) is 11.1 Å². The average Bonchev–Trinajstić information content (AvgIpc) is 2.95. The highest BCUT2D eigenvalue weighted by atomic mass is 16.6. The first-order valence-electron chi connectivity index (χ1n) is 5.86. The molecule has 1 heterocycles. The highest BCUT2D eigenvalue weighted by Crippen LogP contribution is 2.21. The molecule has 0 spiro atoms. The van der Waals surface area contributed by atoms with Gasteiger partial charge in [0.25, 0.3) is 0 Å². The molecule has 0 bridgehead atoms. The number of nitrogens with two attached hydrogens (primary N) is 1. The Labute approximate surface area is 119 Å². The SMILES string of the molecule is COc1ccc(/C(N)=N/O)cc1Cn1cc([N+](=O)[O-])cn1. The molecule has 0 radical (unpaired) electrons. The van der Waals surface area contributed by atoms with Crippen molar-refractivity contribution in [2.24, 2.45) is 10.9 Å². The summed E-state index contributed by atoms with van der Waals surface area (Å²) in [5.41, 5.74) is 6.65. The zero-order valence-corrected chi connectivity index (χ0v) is 11.1. The summed E-state index contributed by atoms with van der Waals surface area (Å²) >= 11 is 0. The van der Waals surface area contributed by atoms with Gasteiger partial charge in [0.1, 0.15) is 18.1 Å². The number of aromatic nitrogens is 2. The molecule has 0 atom stereocenters. The number of hydrogen-bond acceptors (Lipinski definition) is 6. The van der Waals surface area contributed by atoms with Gasteiger partial charge in [-0.05, 0) is 18.2 Å². The fraction of sp³-hybridized carbons (Fsp3) is 0.167. The maximum absolute atomic E-state index is 10.6. The van der Waals surface area contributed by atoms with E-state index in [-0.39, 0.29) is 18.1 Å². The van der Waals surface area contributed by atoms with Crippen LogP contribution in [0.4, 0.5) is 5.69 Å². The van der Waals surface area contributed by atoms with Crippen LogP contribution in [-0.2, 0) is 6.54 Å². The number of oxime groups is 1. The van der Waals surface area contributed by atoms with Crippen LogP contribution >= 0.6 is 0 Å². The van der Waals surface area contributed by atoms with E-state index in [9.17, 15) is 10.1 Å². The van der Waals surface area contributed by atoms with Crippen molar-refractivity contribution in [3.63, 3.8) is 0 Å². The van der Waals surface area contributed by atoms with Gasteiger partial charge in [-0.3, -0.25) is 14.8 Å². The first-order valence-corrected chi connectivity index (χ1v) is 5.86. The van der Waals surface area contributed by atoms with Gasteiger partial charge in [0.2, 0.25) is 0 Å². The summed E-state index contributed by atoms with van der Waals surface area (Å²) < 4.78 is 6.63. The molecule has 1 aromatic heterocycles. The first-order chi connectivity index (χ1) is 10.0. The van der Waals surface area contributed by atoms with Crippen molar-refractivity contribution in [3.05, 3.63) is 51.8 Å². The Morgan fingerprint density at radius 2 is 2.38 bits per heavy atom. The highest BCUT2D eigenvalue weighted by Gasteiger charge is 2.12. The minimum Gasteiger partial charge on any atom is -0.496 e. The molecular formula is C12H13N5O4. The number of nitrogens with zero attached hydrogens (tertiary/aromatic N) is 4. The molecule has 0 saturated carbocycles. The van der Waals surface area contributed by atoms with E-state index in [1.807, 2.05) is 0 Å². The lowest BCUT2D eigenvalue weighted by molar-refractivity contribution is -0.385. The van der Waals surface area contributed by atoms with E-state index in [1.165, 1.54) is 24.2 Å². The van der Waals surface area contributed by atoms with E-state index >= 15 is 0 Å². The molecule has 2 rings (SSSR count). The average molecular weight is 291 g/mol. The molecule has 0 unspecified atom stereocenters. The summed E-state index contributed by atoms with van der Waals surface area (Å²) in [6, 6.07) is 4.98. The van der Waals surface area contributed by atoms with E-state index < -0.39 is 4.92 Å². The van der Waals surface area contributed by atoms with Crippen LogP contribution in [0.25, 0.3) is 0 Å². The molecule has 1 aromatic carbocycles. The fourth-order valence-electron chi connectivity index (χ4n) is 1.83. The van der Waals surface area contributed by atoms with Crippen molar-refractivity contribution in [1.29, 1.82) is 0 Å². The Hall–Kier alpha value is -3.10. The zero-order chi connectivity index (χ0) is 15.4. The molecule has 0 saturated heterocycles. The Morgan fingerprint density at radius 1 is 1.62 bits per heavy atom. The number of rotatable bonds is 5. The number of benzene rings is 1. The van der Waals surface area contributed by atoms with E-state index in [0.717, 1.165) is 0 Å². The van der Waals surface area contributed by atoms with Crippen LogP contribution in [0.15, 0.2) is 35.7 Å². The molecule has 9 heteroatoms. The van der Waals surface area contributed by atoms with Crippen LogP contribution < -0.4 is 10.5 Å². The minimum absolute atomic E-state index is 0.0367. The smallest absolute Gasteiger partial charge is 0.307 e. The van der Waals surface area contributed by atoms with Gasteiger partial charge >= 0.3 is 5.69 Å². The number of amidine groups is 1. The number of ether oxygens (including phenoxy) is 1. The monoisotopic (exact) mass is 291 g/mol. The van der Waals surface area contributed by atoms with Gasteiger partial charge in [0.05, 0.1) is 18.6 Å². The minimum atomic E-state index is -0.520. The van der Waals surface area contributed by atoms with Crippen molar-refractivity contribution in [1.82, 2.24) is 9.78 Å². The molecule has 0 aliphatic carbocycles. The normalized spacial score (nSPS) is 11.4. The number of methoxy groups -OCH3 is 1. The Kier molecular flexibility index (Phi) is 4.02. The summed E-state index contributed by atoms with van der Waals surface area (Å²) in [6.07, 6.45) is 2.48. The molecule has 9 nitrogen and oxygen atoms in total. The molecule has 21 heavy (non-hydrogen) atoms. The van der Waals surface area contributed by atoms with Crippen molar-refractivity contribution in [2.75, 3.05) is 7.11 Å². The summed E-state index contributed by atoms with van der Waals surface area (Å²) in [4.78, 5) is 10.1. The van der Waals surface area contributed by atoms with E-state index in [0.29, 0.717) is 16.9 Å². The lowest BCUT2D eigenvalue weighted by atomic mass is 10.1. The molecule has 2 aromatic rings. The quantitative estimate of drug-likeness (QED) is 0.277. The second-order valence-electron chi connectivity index (χ2n) is 4.17. The van der Waals surface area contributed by atoms with Gasteiger partial charge in [-0.2, -0.15) is 5.10 Å². The third-order valence-corrected chi connectivity index (χ3v) is 2.85. The molecule has 110 valence electrons.